The van der Waals surface area contributed by atoms with Gasteiger partial charge < -0.3 is 29.9 Å². The van der Waals surface area contributed by atoms with E-state index < -0.39 is 59.4 Å². The van der Waals surface area contributed by atoms with Gasteiger partial charge >= 0.3 is 10.4 Å². The Labute approximate surface area is 137 Å². The number of ether oxygens (including phenoxy) is 2. The molecule has 5 N–H and O–H groups in total. The van der Waals surface area contributed by atoms with Crippen molar-refractivity contribution in [2.45, 2.75) is 48.8 Å². The predicted octanol–water partition coefficient (Wildman–Crippen LogP) is -2.79. The van der Waals surface area contributed by atoms with Gasteiger partial charge in [-0.2, -0.15) is 13.7 Å². The van der Waals surface area contributed by atoms with E-state index in [-0.39, 0.29) is 6.42 Å². The zero-order valence-corrected chi connectivity index (χ0v) is 13.0. The van der Waals surface area contributed by atoms with E-state index >= 15 is 0 Å². The molecule has 1 aliphatic carbocycles. The molecule has 1 aliphatic heterocycles. The zero-order valence-electron chi connectivity index (χ0n) is 12.2. The second-order valence-electron chi connectivity index (χ2n) is 5.44. The molecular weight excluding hydrogens is 350 g/mol. The topological polar surface area (TPSA) is 187 Å². The standard InChI is InChI=1S/C12H17NO10S/c13-5-12(2-1-6(3-12)23-24(18,19)20)22-11-10(17)9(16)8(15)7(4-14)21-11/h1-2,6-11,14-17H,3-4H2,(H,18,19,20)/t6-,7-,8+,9-,10+,11-,12-/m1/s1. The van der Waals surface area contributed by atoms with Crippen LogP contribution >= 0.6 is 0 Å². The largest absolute Gasteiger partial charge is 0.397 e. The monoisotopic (exact) mass is 367 g/mol. The minimum Gasteiger partial charge on any atom is -0.394 e. The molecule has 12 heteroatoms. The fraction of sp³-hybridized carbons (Fsp3) is 0.750. The van der Waals surface area contributed by atoms with E-state index in [1.165, 1.54) is 6.08 Å². The third-order valence-electron chi connectivity index (χ3n) is 3.69. The molecule has 2 aliphatic rings. The molecule has 0 aromatic carbocycles. The highest BCUT2D eigenvalue weighted by molar-refractivity contribution is 7.80. The summed E-state index contributed by atoms with van der Waals surface area (Å²) in [6.45, 7) is -0.672. The number of rotatable bonds is 5. The van der Waals surface area contributed by atoms with Crippen LogP contribution in [0.25, 0.3) is 0 Å². The summed E-state index contributed by atoms with van der Waals surface area (Å²) < 4.78 is 44.9. The van der Waals surface area contributed by atoms with E-state index in [2.05, 4.69) is 4.18 Å². The number of nitriles is 1. The van der Waals surface area contributed by atoms with E-state index in [0.29, 0.717) is 0 Å². The van der Waals surface area contributed by atoms with Crippen LogP contribution < -0.4 is 0 Å². The highest BCUT2D eigenvalue weighted by Gasteiger charge is 2.48. The molecular formula is C12H17NO10S. The van der Waals surface area contributed by atoms with Gasteiger partial charge in [0, 0.05) is 6.42 Å². The smallest absolute Gasteiger partial charge is 0.394 e. The quantitative estimate of drug-likeness (QED) is 0.250. The first-order chi connectivity index (χ1) is 11.1. The van der Waals surface area contributed by atoms with Crippen LogP contribution in [0.3, 0.4) is 0 Å². The molecule has 0 spiro atoms. The van der Waals surface area contributed by atoms with Crippen LogP contribution in [0.2, 0.25) is 0 Å². The third-order valence-corrected chi connectivity index (χ3v) is 4.18. The number of aliphatic hydroxyl groups excluding tert-OH is 4. The summed E-state index contributed by atoms with van der Waals surface area (Å²) in [5.41, 5.74) is -1.76. The molecule has 0 saturated carbocycles. The average Bonchev–Trinajstić information content (AvgIpc) is 2.89. The number of aliphatic hydroxyl groups is 4. The second kappa shape index (κ2) is 7.00. The Morgan fingerprint density at radius 3 is 2.50 bits per heavy atom. The van der Waals surface area contributed by atoms with Crippen molar-refractivity contribution in [3.8, 4) is 6.07 Å². The summed E-state index contributed by atoms with van der Waals surface area (Å²) in [6, 6.07) is 1.76. The van der Waals surface area contributed by atoms with Gasteiger partial charge in [-0.25, -0.2) is 4.18 Å². The van der Waals surface area contributed by atoms with Gasteiger partial charge in [0.2, 0.25) is 0 Å². The second-order valence-corrected chi connectivity index (χ2v) is 6.49. The van der Waals surface area contributed by atoms with Crippen LogP contribution in [0.5, 0.6) is 0 Å². The number of hydrogen-bond donors (Lipinski definition) is 5. The van der Waals surface area contributed by atoms with Gasteiger partial charge in [-0.3, -0.25) is 4.55 Å². The first-order valence-electron chi connectivity index (χ1n) is 6.85. The highest BCUT2D eigenvalue weighted by atomic mass is 32.3. The van der Waals surface area contributed by atoms with Gasteiger partial charge in [-0.1, -0.05) is 6.08 Å². The third kappa shape index (κ3) is 4.09. The summed E-state index contributed by atoms with van der Waals surface area (Å²) in [4.78, 5) is 0. The Hall–Kier alpha value is -1.14. The van der Waals surface area contributed by atoms with Crippen molar-refractivity contribution in [3.63, 3.8) is 0 Å². The van der Waals surface area contributed by atoms with Crippen molar-refractivity contribution in [3.05, 3.63) is 12.2 Å². The van der Waals surface area contributed by atoms with Crippen molar-refractivity contribution in [2.75, 3.05) is 6.61 Å². The molecule has 11 nitrogen and oxygen atoms in total. The Bertz CT molecular complexity index is 628. The van der Waals surface area contributed by atoms with Crippen LogP contribution in [0.15, 0.2) is 12.2 Å². The molecule has 1 fully saturated rings. The van der Waals surface area contributed by atoms with Gasteiger partial charge in [0.05, 0.1) is 6.61 Å². The summed E-state index contributed by atoms with van der Waals surface area (Å²) >= 11 is 0. The summed E-state index contributed by atoms with van der Waals surface area (Å²) in [5.74, 6) is 0. The number of hydrogen-bond acceptors (Lipinski definition) is 10. The van der Waals surface area contributed by atoms with Crippen LogP contribution in [0.4, 0.5) is 0 Å². The number of nitrogens with zero attached hydrogens (tertiary/aromatic N) is 1. The van der Waals surface area contributed by atoms with Crippen molar-refractivity contribution in [2.24, 2.45) is 0 Å². The Morgan fingerprint density at radius 2 is 1.96 bits per heavy atom. The fourth-order valence-corrected chi connectivity index (χ4v) is 2.93. The SMILES string of the molecule is N#C[C@@]1(O[C@H]2O[C@H](CO)[C@H](O)[C@@H](O)[C@@H]2O)C=C[C@@H](OS(=O)(=O)O)C1. The van der Waals surface area contributed by atoms with Gasteiger partial charge in [0.15, 0.2) is 11.9 Å². The average molecular weight is 367 g/mol. The Balaban J connectivity index is 2.11. The van der Waals surface area contributed by atoms with Gasteiger partial charge in [-0.05, 0) is 6.08 Å². The lowest BCUT2D eigenvalue weighted by Crippen LogP contribution is -2.60. The maximum absolute atomic E-state index is 10.7. The highest BCUT2D eigenvalue weighted by Crippen LogP contribution is 2.33. The van der Waals surface area contributed by atoms with E-state index in [9.17, 15) is 29.0 Å². The molecule has 7 atom stereocenters. The van der Waals surface area contributed by atoms with Crippen molar-refractivity contribution in [1.82, 2.24) is 0 Å². The molecule has 0 amide bonds. The molecule has 0 aromatic rings. The first kappa shape index (κ1) is 19.2. The molecule has 1 heterocycles. The van der Waals surface area contributed by atoms with E-state index in [4.69, 9.17) is 19.1 Å². The summed E-state index contributed by atoms with van der Waals surface area (Å²) in [6.07, 6.45) is -6.98. The molecule has 0 bridgehead atoms. The summed E-state index contributed by atoms with van der Waals surface area (Å²) in [7, 11) is -4.74. The minimum absolute atomic E-state index is 0.335. The lowest BCUT2D eigenvalue weighted by molar-refractivity contribution is -0.315. The molecule has 24 heavy (non-hydrogen) atoms. The summed E-state index contributed by atoms with van der Waals surface area (Å²) in [5, 5.41) is 47.7. The lowest BCUT2D eigenvalue weighted by atomic mass is 9.98. The Morgan fingerprint density at radius 1 is 1.29 bits per heavy atom. The van der Waals surface area contributed by atoms with Gasteiger partial charge in [0.1, 0.15) is 36.6 Å². The van der Waals surface area contributed by atoms with Crippen LogP contribution in [-0.2, 0) is 24.1 Å². The normalized spacial score (nSPS) is 42.8. The molecule has 0 aromatic heterocycles. The molecule has 136 valence electrons. The predicted molar refractivity (Wildman–Crippen MR) is 73.4 cm³/mol. The van der Waals surface area contributed by atoms with E-state index in [1.807, 2.05) is 0 Å². The Kier molecular flexibility index (Phi) is 5.60. The van der Waals surface area contributed by atoms with Crippen molar-refractivity contribution < 1.29 is 47.1 Å². The van der Waals surface area contributed by atoms with Gasteiger partial charge in [-0.15, -0.1) is 0 Å². The minimum atomic E-state index is -4.74. The van der Waals surface area contributed by atoms with Crippen molar-refractivity contribution >= 4 is 10.4 Å². The molecule has 1 saturated heterocycles. The molecule has 2 rings (SSSR count). The van der Waals surface area contributed by atoms with Gasteiger partial charge in [0.25, 0.3) is 0 Å². The van der Waals surface area contributed by atoms with E-state index in [0.717, 1.165) is 6.08 Å². The lowest BCUT2D eigenvalue weighted by Gasteiger charge is -2.41. The van der Waals surface area contributed by atoms with E-state index in [1.54, 1.807) is 6.07 Å². The van der Waals surface area contributed by atoms with Crippen LogP contribution in [0.1, 0.15) is 6.42 Å². The van der Waals surface area contributed by atoms with Crippen LogP contribution in [-0.4, -0.2) is 82.4 Å². The zero-order chi connectivity index (χ0) is 18.1. The van der Waals surface area contributed by atoms with Crippen molar-refractivity contribution in [1.29, 1.82) is 5.26 Å². The molecule has 0 unspecified atom stereocenters. The van der Waals surface area contributed by atoms with Crippen LogP contribution in [0, 0.1) is 11.3 Å². The first-order valence-corrected chi connectivity index (χ1v) is 8.22. The fourth-order valence-electron chi connectivity index (χ4n) is 2.49. The maximum Gasteiger partial charge on any atom is 0.397 e. The maximum atomic E-state index is 10.7. The molecule has 0 radical (unpaired) electrons.